The second-order valence-electron chi connectivity index (χ2n) is 8.22. The van der Waals surface area contributed by atoms with Crippen molar-refractivity contribution in [3.05, 3.63) is 71.4 Å². The normalized spacial score (nSPS) is 19.3. The Bertz CT molecular complexity index is 1220. The molecule has 2 aromatic rings. The van der Waals surface area contributed by atoms with Crippen molar-refractivity contribution >= 4 is 23.1 Å². The van der Waals surface area contributed by atoms with Crippen LogP contribution < -0.4 is 20.1 Å². The summed E-state index contributed by atoms with van der Waals surface area (Å²) in [5, 5.41) is 5.07. The van der Waals surface area contributed by atoms with Gasteiger partial charge in [-0.05, 0) is 35.4 Å². The highest BCUT2D eigenvalue weighted by Gasteiger charge is 2.34. The van der Waals surface area contributed by atoms with Crippen molar-refractivity contribution in [3.63, 3.8) is 0 Å². The fourth-order valence-corrected chi connectivity index (χ4v) is 3.92. The average molecular weight is 471 g/mol. The van der Waals surface area contributed by atoms with E-state index in [0.29, 0.717) is 24.2 Å². The topological polar surface area (TPSA) is 79.9 Å². The molecule has 1 saturated heterocycles. The third-order valence-corrected chi connectivity index (χ3v) is 5.76. The summed E-state index contributed by atoms with van der Waals surface area (Å²) in [6.45, 7) is 0.629. The maximum atomic E-state index is 14.5. The molecule has 1 fully saturated rings. The van der Waals surface area contributed by atoms with Gasteiger partial charge in [-0.25, -0.2) is 13.2 Å². The molecule has 176 valence electrons. The molecule has 2 amide bonds. The van der Waals surface area contributed by atoms with Crippen molar-refractivity contribution in [2.75, 3.05) is 31.6 Å². The lowest BCUT2D eigenvalue weighted by Crippen LogP contribution is -2.52. The smallest absolute Gasteiger partial charge is 0.262 e. The van der Waals surface area contributed by atoms with Gasteiger partial charge in [0.2, 0.25) is 0 Å². The Kier molecular flexibility index (Phi) is 5.64. The zero-order valence-electron chi connectivity index (χ0n) is 17.8. The molecule has 1 unspecified atom stereocenters. The van der Waals surface area contributed by atoms with Crippen LogP contribution in [-0.4, -0.2) is 49.3 Å². The number of nitrogens with one attached hydrogen (secondary N) is 2. The summed E-state index contributed by atoms with van der Waals surface area (Å²) in [7, 11) is 0. The lowest BCUT2D eigenvalue weighted by atomic mass is 9.99. The van der Waals surface area contributed by atoms with Crippen molar-refractivity contribution in [2.24, 2.45) is 5.92 Å². The number of nitrogens with zero attached hydrogens (tertiary/aromatic N) is 1. The van der Waals surface area contributed by atoms with Crippen LogP contribution in [0.1, 0.15) is 15.9 Å². The second kappa shape index (κ2) is 8.77. The first-order valence-electron chi connectivity index (χ1n) is 10.6. The van der Waals surface area contributed by atoms with Crippen molar-refractivity contribution in [1.29, 1.82) is 0 Å². The summed E-state index contributed by atoms with van der Waals surface area (Å²) in [4.78, 5) is 25.6. The molecule has 3 heterocycles. The van der Waals surface area contributed by atoms with Gasteiger partial charge in [0.25, 0.3) is 11.8 Å². The lowest BCUT2D eigenvalue weighted by Gasteiger charge is -2.39. The van der Waals surface area contributed by atoms with Crippen molar-refractivity contribution < 1.29 is 32.2 Å². The number of halogens is 3. The van der Waals surface area contributed by atoms with Gasteiger partial charge in [-0.15, -0.1) is 0 Å². The molecule has 0 spiro atoms. The Morgan fingerprint density at radius 1 is 1.18 bits per heavy atom. The highest BCUT2D eigenvalue weighted by Crippen LogP contribution is 2.32. The monoisotopic (exact) mass is 471 g/mol. The standard InChI is InChI=1S/C24H20F3N3O4/c25-17-7-21-19(29-23(31)12-34-21)6-16(17)24(32)30-9-13(10-30)11-33-20-3-1-14(5-18(20)26)15-2-4-22(27)28-8-15/h1-8,13,22,28H,9-12H2,(H,29,31). The molecule has 0 saturated carbocycles. The van der Waals surface area contributed by atoms with Gasteiger partial charge in [-0.2, -0.15) is 0 Å². The van der Waals surface area contributed by atoms with E-state index in [9.17, 15) is 22.8 Å². The van der Waals surface area contributed by atoms with Gasteiger partial charge in [0, 0.05) is 31.3 Å². The fourth-order valence-electron chi connectivity index (χ4n) is 3.92. The fraction of sp³-hybridized carbons (Fsp3) is 0.250. The molecule has 0 aliphatic carbocycles. The van der Waals surface area contributed by atoms with E-state index in [1.54, 1.807) is 12.1 Å². The summed E-state index contributed by atoms with van der Waals surface area (Å²) in [6, 6.07) is 6.84. The number of ether oxygens (including phenoxy) is 2. The van der Waals surface area contributed by atoms with E-state index >= 15 is 0 Å². The third-order valence-electron chi connectivity index (χ3n) is 5.76. The number of rotatable bonds is 5. The summed E-state index contributed by atoms with van der Waals surface area (Å²) < 4.78 is 52.7. The maximum Gasteiger partial charge on any atom is 0.262 e. The number of allylic oxidation sites excluding steroid dienone is 2. The molecule has 10 heteroatoms. The van der Waals surface area contributed by atoms with Crippen LogP contribution in [0.25, 0.3) is 5.57 Å². The molecule has 0 bridgehead atoms. The van der Waals surface area contributed by atoms with E-state index in [2.05, 4.69) is 10.6 Å². The molecule has 0 radical (unpaired) electrons. The van der Waals surface area contributed by atoms with Crippen LogP contribution in [0.3, 0.4) is 0 Å². The van der Waals surface area contributed by atoms with Gasteiger partial charge in [0.15, 0.2) is 24.5 Å². The molecule has 0 aromatic heterocycles. The van der Waals surface area contributed by atoms with Gasteiger partial charge in [-0.1, -0.05) is 12.1 Å². The Hall–Kier alpha value is -3.95. The van der Waals surface area contributed by atoms with Crippen LogP contribution >= 0.6 is 0 Å². The minimum Gasteiger partial charge on any atom is -0.490 e. The van der Waals surface area contributed by atoms with Crippen molar-refractivity contribution in [2.45, 2.75) is 6.30 Å². The number of anilines is 1. The minimum absolute atomic E-state index is 0.0403. The van der Waals surface area contributed by atoms with Gasteiger partial charge >= 0.3 is 0 Å². The summed E-state index contributed by atoms with van der Waals surface area (Å²) >= 11 is 0. The number of dihydropyridines is 1. The highest BCUT2D eigenvalue weighted by molar-refractivity contribution is 6.00. The zero-order chi connectivity index (χ0) is 23.8. The molecule has 5 rings (SSSR count). The van der Waals surface area contributed by atoms with Crippen LogP contribution in [0.4, 0.5) is 18.9 Å². The van der Waals surface area contributed by atoms with E-state index in [-0.39, 0.29) is 47.8 Å². The largest absolute Gasteiger partial charge is 0.490 e. The second-order valence-corrected chi connectivity index (χ2v) is 8.22. The SMILES string of the molecule is O=C1COc2cc(F)c(C(=O)N3CC(COc4ccc(C5=CNC(F)C=C5)cc4F)C3)cc2N1. The van der Waals surface area contributed by atoms with E-state index < -0.39 is 23.8 Å². The van der Waals surface area contributed by atoms with E-state index in [4.69, 9.17) is 9.47 Å². The molecule has 2 aromatic carbocycles. The predicted octanol–water partition coefficient (Wildman–Crippen LogP) is 3.24. The van der Waals surface area contributed by atoms with E-state index in [1.165, 1.54) is 35.4 Å². The lowest BCUT2D eigenvalue weighted by molar-refractivity contribution is -0.118. The molecule has 7 nitrogen and oxygen atoms in total. The van der Waals surface area contributed by atoms with Crippen LogP contribution in [0.5, 0.6) is 11.5 Å². The number of carbonyl (C=O) groups excluding carboxylic acids is 2. The molecular formula is C24H20F3N3O4. The number of benzene rings is 2. The van der Waals surface area contributed by atoms with Gasteiger partial charge in [0.05, 0.1) is 17.9 Å². The maximum absolute atomic E-state index is 14.5. The number of likely N-dealkylation sites (tertiary alicyclic amines) is 1. The molecule has 3 aliphatic heterocycles. The first-order chi connectivity index (χ1) is 16.4. The molecule has 1 atom stereocenters. The summed E-state index contributed by atoms with van der Waals surface area (Å²) in [5.41, 5.74) is 1.31. The van der Waals surface area contributed by atoms with Gasteiger partial charge < -0.3 is 25.0 Å². The van der Waals surface area contributed by atoms with Gasteiger partial charge in [0.1, 0.15) is 11.6 Å². The van der Waals surface area contributed by atoms with E-state index in [0.717, 1.165) is 6.07 Å². The number of alkyl halides is 1. The summed E-state index contributed by atoms with van der Waals surface area (Å²) in [6.07, 6.45) is 3.12. The van der Waals surface area contributed by atoms with Crippen molar-refractivity contribution in [3.8, 4) is 11.5 Å². The Balaban J connectivity index is 1.16. The van der Waals surface area contributed by atoms with Crippen LogP contribution in [0, 0.1) is 17.6 Å². The predicted molar refractivity (Wildman–Crippen MR) is 117 cm³/mol. The number of amides is 2. The zero-order valence-corrected chi connectivity index (χ0v) is 17.8. The molecule has 34 heavy (non-hydrogen) atoms. The van der Waals surface area contributed by atoms with Crippen LogP contribution in [0.2, 0.25) is 0 Å². The highest BCUT2D eigenvalue weighted by atomic mass is 19.1. The third kappa shape index (κ3) is 4.30. The quantitative estimate of drug-likeness (QED) is 0.655. The molecule has 2 N–H and O–H groups in total. The van der Waals surface area contributed by atoms with Gasteiger partial charge in [-0.3, -0.25) is 9.59 Å². The number of hydrogen-bond acceptors (Lipinski definition) is 5. The Morgan fingerprint density at radius 2 is 2.00 bits per heavy atom. The number of fused-ring (bicyclic) bond motifs is 1. The first-order valence-corrected chi connectivity index (χ1v) is 10.6. The first kappa shape index (κ1) is 21.9. The van der Waals surface area contributed by atoms with Crippen molar-refractivity contribution in [1.82, 2.24) is 10.2 Å². The Morgan fingerprint density at radius 3 is 2.74 bits per heavy atom. The van der Waals surface area contributed by atoms with Crippen LogP contribution in [0.15, 0.2) is 48.7 Å². The summed E-state index contributed by atoms with van der Waals surface area (Å²) in [5.74, 6) is -1.97. The number of carbonyl (C=O) groups is 2. The number of hydrogen-bond donors (Lipinski definition) is 2. The molecule has 3 aliphatic rings. The average Bonchev–Trinajstić information content (AvgIpc) is 2.79. The minimum atomic E-state index is -1.26. The van der Waals surface area contributed by atoms with Crippen LogP contribution in [-0.2, 0) is 4.79 Å². The molecular weight excluding hydrogens is 451 g/mol. The Labute approximate surface area is 192 Å². The van der Waals surface area contributed by atoms with E-state index in [1.807, 2.05) is 0 Å².